The van der Waals surface area contributed by atoms with Gasteiger partial charge in [0.05, 0.1) is 10.3 Å². The van der Waals surface area contributed by atoms with Gasteiger partial charge in [-0.2, -0.15) is 0 Å². The Kier molecular flexibility index (Phi) is 4.49. The maximum absolute atomic E-state index is 12.8. The zero-order valence-electron chi connectivity index (χ0n) is 16.5. The van der Waals surface area contributed by atoms with Crippen molar-refractivity contribution >= 4 is 21.6 Å². The number of aryl methyl sites for hydroxylation is 3. The molecule has 2 aromatic rings. The molecule has 148 valence electrons. The lowest BCUT2D eigenvalue weighted by atomic mass is 9.95. The Morgan fingerprint density at radius 2 is 1.57 bits per heavy atom. The Morgan fingerprint density at radius 3 is 2.14 bits per heavy atom. The van der Waals surface area contributed by atoms with Crippen molar-refractivity contribution in [2.75, 3.05) is 4.72 Å². The third-order valence-electron chi connectivity index (χ3n) is 5.87. The van der Waals surface area contributed by atoms with Gasteiger partial charge in [-0.3, -0.25) is 9.52 Å². The number of hydrogen-bond donors (Lipinski definition) is 2. The summed E-state index contributed by atoms with van der Waals surface area (Å²) in [5.74, 6) is 0.106. The molecule has 0 aliphatic heterocycles. The molecule has 0 saturated heterocycles. The van der Waals surface area contributed by atoms with Gasteiger partial charge in [-0.05, 0) is 86.9 Å². The average molecular weight is 399 g/mol. The van der Waals surface area contributed by atoms with Crippen LogP contribution in [0.3, 0.4) is 0 Å². The molecule has 2 saturated carbocycles. The van der Waals surface area contributed by atoms with Crippen molar-refractivity contribution in [3.05, 3.63) is 58.7 Å². The van der Waals surface area contributed by atoms with Gasteiger partial charge in [-0.15, -0.1) is 0 Å². The lowest BCUT2D eigenvalue weighted by molar-refractivity contribution is -0.123. The predicted octanol–water partition coefficient (Wildman–Crippen LogP) is 3.72. The van der Waals surface area contributed by atoms with Crippen LogP contribution in [0.25, 0.3) is 0 Å². The van der Waals surface area contributed by atoms with E-state index in [2.05, 4.69) is 10.0 Å². The third kappa shape index (κ3) is 3.53. The van der Waals surface area contributed by atoms with Gasteiger partial charge in [-0.1, -0.05) is 18.2 Å². The van der Waals surface area contributed by atoms with E-state index in [0.29, 0.717) is 16.6 Å². The van der Waals surface area contributed by atoms with E-state index in [0.717, 1.165) is 47.9 Å². The second-order valence-electron chi connectivity index (χ2n) is 8.21. The van der Waals surface area contributed by atoms with Gasteiger partial charge in [0.2, 0.25) is 5.91 Å². The Bertz CT molecular complexity index is 1030. The molecule has 2 aliphatic rings. The van der Waals surface area contributed by atoms with Gasteiger partial charge in [0, 0.05) is 11.7 Å². The Morgan fingerprint density at radius 1 is 0.964 bits per heavy atom. The van der Waals surface area contributed by atoms with Gasteiger partial charge in [-0.25, -0.2) is 8.42 Å². The lowest BCUT2D eigenvalue weighted by Gasteiger charge is -2.17. The van der Waals surface area contributed by atoms with E-state index in [4.69, 9.17) is 0 Å². The first kappa shape index (κ1) is 19.0. The standard InChI is InChI=1S/C22H26N2O3S/c1-14-12-16(3)20(13-15(14)2)28(26,27)24-19-6-4-17(5-7-19)22(10-11-22)21(25)23-18-8-9-18/h4-7,12-13,18,24H,8-11H2,1-3H3,(H,23,25). The summed E-state index contributed by atoms with van der Waals surface area (Å²) < 4.78 is 28.3. The monoisotopic (exact) mass is 398 g/mol. The molecule has 2 N–H and O–H groups in total. The Hall–Kier alpha value is -2.34. The molecule has 5 nitrogen and oxygen atoms in total. The summed E-state index contributed by atoms with van der Waals surface area (Å²) in [7, 11) is -3.67. The van der Waals surface area contributed by atoms with Gasteiger partial charge in [0.15, 0.2) is 0 Å². The maximum Gasteiger partial charge on any atom is 0.262 e. The summed E-state index contributed by atoms with van der Waals surface area (Å²) in [6.07, 6.45) is 3.83. The molecule has 0 radical (unpaired) electrons. The minimum atomic E-state index is -3.67. The summed E-state index contributed by atoms with van der Waals surface area (Å²) >= 11 is 0. The number of rotatable bonds is 6. The van der Waals surface area contributed by atoms with E-state index < -0.39 is 15.4 Å². The van der Waals surface area contributed by atoms with Gasteiger partial charge >= 0.3 is 0 Å². The topological polar surface area (TPSA) is 75.3 Å². The maximum atomic E-state index is 12.8. The van der Waals surface area contributed by atoms with Crippen molar-refractivity contribution in [1.82, 2.24) is 5.32 Å². The first-order valence-corrected chi connectivity index (χ1v) is 11.2. The number of hydrogen-bond acceptors (Lipinski definition) is 3. The molecule has 6 heteroatoms. The van der Waals surface area contributed by atoms with Crippen molar-refractivity contribution < 1.29 is 13.2 Å². The Balaban J connectivity index is 1.53. The van der Waals surface area contributed by atoms with E-state index in [1.54, 1.807) is 25.1 Å². The van der Waals surface area contributed by atoms with Crippen molar-refractivity contribution in [1.29, 1.82) is 0 Å². The molecular formula is C22H26N2O3S. The fraction of sp³-hybridized carbons (Fsp3) is 0.409. The number of anilines is 1. The van der Waals surface area contributed by atoms with Crippen LogP contribution in [0.15, 0.2) is 41.3 Å². The fourth-order valence-electron chi connectivity index (χ4n) is 3.61. The molecule has 4 rings (SSSR count). The minimum Gasteiger partial charge on any atom is -0.353 e. The Labute approximate surface area is 166 Å². The average Bonchev–Trinajstić information content (AvgIpc) is 3.52. The third-order valence-corrected chi connectivity index (χ3v) is 7.39. The summed E-state index contributed by atoms with van der Waals surface area (Å²) in [6.45, 7) is 5.68. The van der Waals surface area contributed by atoms with Crippen LogP contribution in [0.5, 0.6) is 0 Å². The van der Waals surface area contributed by atoms with E-state index in [1.165, 1.54) is 0 Å². The van der Waals surface area contributed by atoms with Crippen LogP contribution in [-0.4, -0.2) is 20.4 Å². The first-order chi connectivity index (χ1) is 13.2. The predicted molar refractivity (Wildman–Crippen MR) is 110 cm³/mol. The van der Waals surface area contributed by atoms with Crippen LogP contribution >= 0.6 is 0 Å². The molecule has 0 bridgehead atoms. The highest BCUT2D eigenvalue weighted by Crippen LogP contribution is 2.49. The summed E-state index contributed by atoms with van der Waals surface area (Å²) in [5.41, 5.74) is 3.76. The normalized spacial score (nSPS) is 17.8. The smallest absolute Gasteiger partial charge is 0.262 e. The van der Waals surface area contributed by atoms with Crippen LogP contribution in [-0.2, 0) is 20.2 Å². The number of amides is 1. The van der Waals surface area contributed by atoms with E-state index >= 15 is 0 Å². The largest absolute Gasteiger partial charge is 0.353 e. The van der Waals surface area contributed by atoms with E-state index in [-0.39, 0.29) is 5.91 Å². The van der Waals surface area contributed by atoms with Crippen LogP contribution < -0.4 is 10.0 Å². The molecule has 2 aliphatic carbocycles. The zero-order chi connectivity index (χ0) is 20.1. The molecule has 0 heterocycles. The highest BCUT2D eigenvalue weighted by molar-refractivity contribution is 7.92. The van der Waals surface area contributed by atoms with Crippen molar-refractivity contribution in [3.63, 3.8) is 0 Å². The number of carbonyl (C=O) groups excluding carboxylic acids is 1. The first-order valence-electron chi connectivity index (χ1n) is 9.73. The van der Waals surface area contributed by atoms with Crippen LogP contribution in [0.1, 0.15) is 47.9 Å². The molecule has 0 spiro atoms. The van der Waals surface area contributed by atoms with Gasteiger partial charge < -0.3 is 5.32 Å². The second kappa shape index (κ2) is 6.62. The van der Waals surface area contributed by atoms with Crippen LogP contribution in [0.2, 0.25) is 0 Å². The van der Waals surface area contributed by atoms with Crippen LogP contribution in [0, 0.1) is 20.8 Å². The number of benzene rings is 2. The lowest BCUT2D eigenvalue weighted by Crippen LogP contribution is -2.36. The molecule has 2 aromatic carbocycles. The molecule has 28 heavy (non-hydrogen) atoms. The SMILES string of the molecule is Cc1cc(C)c(S(=O)(=O)Nc2ccc(C3(C(=O)NC4CC4)CC3)cc2)cc1C. The molecule has 0 unspecified atom stereocenters. The molecule has 1 amide bonds. The van der Waals surface area contributed by atoms with Crippen molar-refractivity contribution in [2.24, 2.45) is 0 Å². The summed E-state index contributed by atoms with van der Waals surface area (Å²) in [5, 5.41) is 3.10. The molecule has 2 fully saturated rings. The highest BCUT2D eigenvalue weighted by Gasteiger charge is 2.52. The second-order valence-corrected chi connectivity index (χ2v) is 9.87. The van der Waals surface area contributed by atoms with Crippen LogP contribution in [0.4, 0.5) is 5.69 Å². The highest BCUT2D eigenvalue weighted by atomic mass is 32.2. The van der Waals surface area contributed by atoms with Crippen molar-refractivity contribution in [2.45, 2.75) is 62.8 Å². The number of nitrogens with one attached hydrogen (secondary N) is 2. The number of carbonyl (C=O) groups is 1. The summed E-state index contributed by atoms with van der Waals surface area (Å²) in [6, 6.07) is 11.2. The van der Waals surface area contributed by atoms with E-state index in [1.807, 2.05) is 32.0 Å². The molecule has 0 atom stereocenters. The zero-order valence-corrected chi connectivity index (χ0v) is 17.3. The fourth-order valence-corrected chi connectivity index (χ4v) is 4.99. The summed E-state index contributed by atoms with van der Waals surface area (Å²) in [4.78, 5) is 12.8. The van der Waals surface area contributed by atoms with E-state index in [9.17, 15) is 13.2 Å². The van der Waals surface area contributed by atoms with Gasteiger partial charge in [0.25, 0.3) is 10.0 Å². The minimum absolute atomic E-state index is 0.106. The molecular weight excluding hydrogens is 372 g/mol. The van der Waals surface area contributed by atoms with Gasteiger partial charge in [0.1, 0.15) is 0 Å². The van der Waals surface area contributed by atoms with Crippen molar-refractivity contribution in [3.8, 4) is 0 Å². The molecule has 0 aromatic heterocycles. The number of sulfonamides is 1. The quantitative estimate of drug-likeness (QED) is 0.779.